The number of nitrogen functional groups attached to an aromatic ring is 1. The van der Waals surface area contributed by atoms with E-state index in [0.29, 0.717) is 5.82 Å². The zero-order valence-corrected chi connectivity index (χ0v) is 7.72. The molecule has 1 aromatic carbocycles. The van der Waals surface area contributed by atoms with Crippen LogP contribution < -0.4 is 5.73 Å². The van der Waals surface area contributed by atoms with E-state index < -0.39 is 0 Å². The summed E-state index contributed by atoms with van der Waals surface area (Å²) in [5.74, 6) is 0.511. The van der Waals surface area contributed by atoms with Crippen LogP contribution in [0.1, 0.15) is 11.1 Å². The van der Waals surface area contributed by atoms with Gasteiger partial charge in [0, 0.05) is 12.0 Å². The summed E-state index contributed by atoms with van der Waals surface area (Å²) in [5.41, 5.74) is 7.94. The van der Waals surface area contributed by atoms with E-state index in [1.54, 1.807) is 6.20 Å². The molecule has 0 spiro atoms. The second kappa shape index (κ2) is 3.87. The topological polar surface area (TPSA) is 51.8 Å². The number of nitrogens with two attached hydrogens (primary N) is 1. The molecule has 2 N–H and O–H groups in total. The average molecular weight is 185 g/mol. The molecule has 0 saturated carbocycles. The maximum Gasteiger partial charge on any atom is 0.149 e. The first kappa shape index (κ1) is 8.69. The first-order valence-corrected chi connectivity index (χ1v) is 4.46. The van der Waals surface area contributed by atoms with E-state index in [9.17, 15) is 0 Å². The fourth-order valence-electron chi connectivity index (χ4n) is 1.33. The number of hydrogen-bond acceptors (Lipinski definition) is 3. The standard InChI is InChI=1S/C11H11N3/c12-11-10(6-7-13-14-11)8-9-4-2-1-3-5-9/h1-7H,8H2,(H2,12,14). The second-order valence-electron chi connectivity index (χ2n) is 3.10. The lowest BCUT2D eigenvalue weighted by atomic mass is 10.1. The first-order valence-electron chi connectivity index (χ1n) is 4.46. The Bertz CT molecular complexity index is 412. The molecule has 0 aliphatic carbocycles. The molecule has 0 radical (unpaired) electrons. The maximum absolute atomic E-state index is 5.69. The molecule has 0 amide bonds. The Morgan fingerprint density at radius 3 is 2.57 bits per heavy atom. The first-order chi connectivity index (χ1) is 6.86. The van der Waals surface area contributed by atoms with E-state index in [0.717, 1.165) is 12.0 Å². The minimum absolute atomic E-state index is 0.511. The average Bonchev–Trinajstić information content (AvgIpc) is 2.23. The Labute approximate surface area is 82.6 Å². The smallest absolute Gasteiger partial charge is 0.149 e. The minimum atomic E-state index is 0.511. The highest BCUT2D eigenvalue weighted by Gasteiger charge is 2.00. The van der Waals surface area contributed by atoms with Crippen molar-refractivity contribution in [3.63, 3.8) is 0 Å². The van der Waals surface area contributed by atoms with Crippen LogP contribution in [0.3, 0.4) is 0 Å². The van der Waals surface area contributed by atoms with Gasteiger partial charge in [-0.25, -0.2) is 0 Å². The highest BCUT2D eigenvalue weighted by Crippen LogP contribution is 2.12. The molecule has 3 nitrogen and oxygen atoms in total. The predicted octanol–water partition coefficient (Wildman–Crippen LogP) is 1.65. The molecule has 70 valence electrons. The van der Waals surface area contributed by atoms with Crippen LogP contribution >= 0.6 is 0 Å². The van der Waals surface area contributed by atoms with Gasteiger partial charge in [-0.3, -0.25) is 0 Å². The Kier molecular flexibility index (Phi) is 2.40. The van der Waals surface area contributed by atoms with E-state index >= 15 is 0 Å². The molecule has 0 atom stereocenters. The number of aromatic nitrogens is 2. The number of hydrogen-bond donors (Lipinski definition) is 1. The quantitative estimate of drug-likeness (QED) is 0.774. The summed E-state index contributed by atoms with van der Waals surface area (Å²) in [6, 6.07) is 12.1. The monoisotopic (exact) mass is 185 g/mol. The Balaban J connectivity index is 2.24. The van der Waals surface area contributed by atoms with E-state index in [2.05, 4.69) is 22.3 Å². The molecule has 14 heavy (non-hydrogen) atoms. The van der Waals surface area contributed by atoms with Crippen LogP contribution in [-0.2, 0) is 6.42 Å². The highest BCUT2D eigenvalue weighted by molar-refractivity contribution is 5.40. The molecule has 3 heteroatoms. The van der Waals surface area contributed by atoms with E-state index in [1.165, 1.54) is 5.56 Å². The van der Waals surface area contributed by atoms with Gasteiger partial charge in [0.2, 0.25) is 0 Å². The summed E-state index contributed by atoms with van der Waals surface area (Å²) in [4.78, 5) is 0. The van der Waals surface area contributed by atoms with Gasteiger partial charge in [0.15, 0.2) is 0 Å². The van der Waals surface area contributed by atoms with Crippen LogP contribution in [0, 0.1) is 0 Å². The molecule has 1 aromatic heterocycles. The van der Waals surface area contributed by atoms with Crippen molar-refractivity contribution in [3.05, 3.63) is 53.7 Å². The normalized spacial score (nSPS) is 10.0. The summed E-state index contributed by atoms with van der Waals surface area (Å²) in [5, 5.41) is 7.51. The minimum Gasteiger partial charge on any atom is -0.382 e. The summed E-state index contributed by atoms with van der Waals surface area (Å²) >= 11 is 0. The predicted molar refractivity (Wildman–Crippen MR) is 55.7 cm³/mol. The van der Waals surface area contributed by atoms with Gasteiger partial charge in [0.25, 0.3) is 0 Å². The van der Waals surface area contributed by atoms with E-state index in [-0.39, 0.29) is 0 Å². The van der Waals surface area contributed by atoms with Crippen molar-refractivity contribution in [2.24, 2.45) is 0 Å². The van der Waals surface area contributed by atoms with Crippen molar-refractivity contribution < 1.29 is 0 Å². The fraction of sp³-hybridized carbons (Fsp3) is 0.0909. The Morgan fingerprint density at radius 1 is 1.07 bits per heavy atom. The molecule has 0 unspecified atom stereocenters. The fourth-order valence-corrected chi connectivity index (χ4v) is 1.33. The number of anilines is 1. The summed E-state index contributed by atoms with van der Waals surface area (Å²) in [6.07, 6.45) is 2.47. The van der Waals surface area contributed by atoms with Crippen LogP contribution in [-0.4, -0.2) is 10.2 Å². The Morgan fingerprint density at radius 2 is 1.86 bits per heavy atom. The maximum atomic E-state index is 5.69. The van der Waals surface area contributed by atoms with Gasteiger partial charge in [0.1, 0.15) is 5.82 Å². The Hall–Kier alpha value is -1.90. The molecular formula is C11H11N3. The van der Waals surface area contributed by atoms with Crippen LogP contribution in [0.4, 0.5) is 5.82 Å². The van der Waals surface area contributed by atoms with Crippen LogP contribution in [0.2, 0.25) is 0 Å². The SMILES string of the molecule is Nc1nnccc1Cc1ccccc1. The number of nitrogens with zero attached hydrogens (tertiary/aromatic N) is 2. The van der Waals surface area contributed by atoms with Gasteiger partial charge < -0.3 is 5.73 Å². The lowest BCUT2D eigenvalue weighted by molar-refractivity contribution is 1.01. The molecule has 0 bridgehead atoms. The molecule has 2 rings (SSSR count). The summed E-state index contributed by atoms with van der Waals surface area (Å²) in [6.45, 7) is 0. The van der Waals surface area contributed by atoms with Crippen molar-refractivity contribution in [2.75, 3.05) is 5.73 Å². The van der Waals surface area contributed by atoms with Crippen LogP contribution in [0.25, 0.3) is 0 Å². The van der Waals surface area contributed by atoms with Gasteiger partial charge in [0.05, 0.1) is 6.20 Å². The molecule has 0 saturated heterocycles. The van der Waals surface area contributed by atoms with Crippen molar-refractivity contribution in [2.45, 2.75) is 6.42 Å². The van der Waals surface area contributed by atoms with Gasteiger partial charge in [-0.15, -0.1) is 5.10 Å². The third-order valence-electron chi connectivity index (χ3n) is 2.07. The van der Waals surface area contributed by atoms with E-state index in [1.807, 2.05) is 24.3 Å². The van der Waals surface area contributed by atoms with Gasteiger partial charge in [-0.05, 0) is 11.6 Å². The van der Waals surface area contributed by atoms with Gasteiger partial charge in [-0.1, -0.05) is 30.3 Å². The summed E-state index contributed by atoms with van der Waals surface area (Å²) < 4.78 is 0. The lowest BCUT2D eigenvalue weighted by Gasteiger charge is -2.02. The lowest BCUT2D eigenvalue weighted by Crippen LogP contribution is -1.99. The molecular weight excluding hydrogens is 174 g/mol. The largest absolute Gasteiger partial charge is 0.382 e. The molecule has 0 aliphatic rings. The molecule has 1 heterocycles. The third kappa shape index (κ3) is 1.88. The van der Waals surface area contributed by atoms with Crippen molar-refractivity contribution in [1.82, 2.24) is 10.2 Å². The zero-order valence-electron chi connectivity index (χ0n) is 7.72. The zero-order chi connectivity index (χ0) is 9.80. The van der Waals surface area contributed by atoms with Crippen LogP contribution in [0.5, 0.6) is 0 Å². The van der Waals surface area contributed by atoms with Crippen LogP contribution in [0.15, 0.2) is 42.6 Å². The third-order valence-corrected chi connectivity index (χ3v) is 2.07. The molecule has 0 aliphatic heterocycles. The van der Waals surface area contributed by atoms with Gasteiger partial charge >= 0.3 is 0 Å². The molecule has 0 fully saturated rings. The van der Waals surface area contributed by atoms with E-state index in [4.69, 9.17) is 5.73 Å². The number of rotatable bonds is 2. The second-order valence-corrected chi connectivity index (χ2v) is 3.10. The van der Waals surface area contributed by atoms with Crippen molar-refractivity contribution in [3.8, 4) is 0 Å². The van der Waals surface area contributed by atoms with Crippen molar-refractivity contribution in [1.29, 1.82) is 0 Å². The van der Waals surface area contributed by atoms with Crippen molar-refractivity contribution >= 4 is 5.82 Å². The van der Waals surface area contributed by atoms with Gasteiger partial charge in [-0.2, -0.15) is 5.10 Å². The summed E-state index contributed by atoms with van der Waals surface area (Å²) in [7, 11) is 0. The number of benzene rings is 1. The highest BCUT2D eigenvalue weighted by atomic mass is 15.1. The molecule has 2 aromatic rings.